The van der Waals surface area contributed by atoms with Crippen LogP contribution in [0.2, 0.25) is 0 Å². The van der Waals surface area contributed by atoms with E-state index in [0.29, 0.717) is 5.56 Å². The Morgan fingerprint density at radius 2 is 1.74 bits per heavy atom. The molecule has 0 saturated carbocycles. The number of benzene rings is 2. The first-order valence-corrected chi connectivity index (χ1v) is 7.28. The third kappa shape index (κ3) is 5.07. The number of carbonyl (C=O) groups excluding carboxylic acids is 2. The largest absolute Gasteiger partial charge is 0.343 e. The Morgan fingerprint density at radius 1 is 1.04 bits per heavy atom. The molecule has 0 aliphatic carbocycles. The molecule has 2 N–H and O–H groups in total. The highest BCUT2D eigenvalue weighted by Crippen LogP contribution is 2.06. The number of nitrogens with zero attached hydrogens (tertiary/aromatic N) is 1. The molecule has 0 aliphatic rings. The second kappa shape index (κ2) is 7.89. The molecule has 2 rings (SSSR count). The molecule has 0 saturated heterocycles. The van der Waals surface area contributed by atoms with Gasteiger partial charge in [-0.15, -0.1) is 0 Å². The molecule has 0 aliphatic heterocycles. The summed E-state index contributed by atoms with van der Waals surface area (Å²) in [5, 5.41) is 6.43. The third-order valence-electron chi connectivity index (χ3n) is 3.28. The average Bonchev–Trinajstić information content (AvgIpc) is 2.55. The van der Waals surface area contributed by atoms with E-state index in [4.69, 9.17) is 0 Å². The van der Waals surface area contributed by atoms with E-state index in [1.807, 2.05) is 50.2 Å². The van der Waals surface area contributed by atoms with Crippen LogP contribution in [0.4, 0.5) is 0 Å². The van der Waals surface area contributed by atoms with Gasteiger partial charge < -0.3 is 5.32 Å². The van der Waals surface area contributed by atoms with Crippen LogP contribution in [0, 0.1) is 13.8 Å². The van der Waals surface area contributed by atoms with Crippen LogP contribution >= 0.6 is 0 Å². The van der Waals surface area contributed by atoms with E-state index in [1.165, 1.54) is 0 Å². The van der Waals surface area contributed by atoms with Crippen LogP contribution in [0.5, 0.6) is 0 Å². The number of nitrogens with one attached hydrogen (secondary N) is 2. The van der Waals surface area contributed by atoms with E-state index in [-0.39, 0.29) is 18.4 Å². The molecule has 0 unspecified atom stereocenters. The fourth-order valence-corrected chi connectivity index (χ4v) is 1.95. The van der Waals surface area contributed by atoms with Crippen LogP contribution in [0.15, 0.2) is 53.6 Å². The van der Waals surface area contributed by atoms with Crippen molar-refractivity contribution in [3.8, 4) is 0 Å². The lowest BCUT2D eigenvalue weighted by Gasteiger charge is -2.06. The summed E-state index contributed by atoms with van der Waals surface area (Å²) in [6.07, 6.45) is 1.56. The second-order valence-electron chi connectivity index (χ2n) is 5.20. The molecule has 0 fully saturated rings. The Bertz CT molecular complexity index is 721. The Hall–Kier alpha value is -2.95. The highest BCUT2D eigenvalue weighted by Gasteiger charge is 2.09. The highest BCUT2D eigenvalue weighted by molar-refractivity contribution is 5.97. The van der Waals surface area contributed by atoms with Crippen LogP contribution in [0.1, 0.15) is 27.0 Å². The molecule has 0 radical (unpaired) electrons. The molecule has 5 heteroatoms. The molecule has 2 aromatic rings. The molecule has 0 aromatic heterocycles. The summed E-state index contributed by atoms with van der Waals surface area (Å²) in [5.41, 5.74) is 5.85. The van der Waals surface area contributed by atoms with Gasteiger partial charge in [0.1, 0.15) is 0 Å². The van der Waals surface area contributed by atoms with Gasteiger partial charge in [-0.2, -0.15) is 5.10 Å². The molecule has 0 bridgehead atoms. The molecule has 0 heterocycles. The third-order valence-corrected chi connectivity index (χ3v) is 3.28. The Morgan fingerprint density at radius 3 is 2.43 bits per heavy atom. The van der Waals surface area contributed by atoms with E-state index < -0.39 is 0 Å². The summed E-state index contributed by atoms with van der Waals surface area (Å²) in [6.45, 7) is 3.72. The molecule has 118 valence electrons. The first-order valence-electron chi connectivity index (χ1n) is 7.28. The molecule has 2 aromatic carbocycles. The summed E-state index contributed by atoms with van der Waals surface area (Å²) < 4.78 is 0. The maximum Gasteiger partial charge on any atom is 0.259 e. The monoisotopic (exact) mass is 309 g/mol. The summed E-state index contributed by atoms with van der Waals surface area (Å²) in [6, 6.07) is 15.0. The van der Waals surface area contributed by atoms with Crippen LogP contribution in [0.3, 0.4) is 0 Å². The molecule has 2 amide bonds. The van der Waals surface area contributed by atoms with E-state index in [9.17, 15) is 9.59 Å². The first kappa shape index (κ1) is 16.4. The van der Waals surface area contributed by atoms with Gasteiger partial charge in [-0.1, -0.05) is 48.0 Å². The number of hydrazone groups is 1. The summed E-state index contributed by atoms with van der Waals surface area (Å²) in [5.74, 6) is -0.656. The lowest BCUT2D eigenvalue weighted by atomic mass is 10.1. The zero-order valence-corrected chi connectivity index (χ0v) is 13.2. The molecule has 0 atom stereocenters. The van der Waals surface area contributed by atoms with Gasteiger partial charge in [0.2, 0.25) is 0 Å². The topological polar surface area (TPSA) is 70.6 Å². The van der Waals surface area contributed by atoms with Crippen LogP contribution < -0.4 is 10.7 Å². The van der Waals surface area contributed by atoms with E-state index in [0.717, 1.165) is 16.7 Å². The fraction of sp³-hybridized carbons (Fsp3) is 0.167. The van der Waals surface area contributed by atoms with Gasteiger partial charge in [0.05, 0.1) is 12.8 Å². The quantitative estimate of drug-likeness (QED) is 0.656. The van der Waals surface area contributed by atoms with Gasteiger partial charge >= 0.3 is 0 Å². The normalized spacial score (nSPS) is 10.5. The smallest absolute Gasteiger partial charge is 0.259 e. The maximum absolute atomic E-state index is 12.0. The van der Waals surface area contributed by atoms with Gasteiger partial charge in [0, 0.05) is 5.56 Å². The number of carbonyl (C=O) groups is 2. The summed E-state index contributed by atoms with van der Waals surface area (Å²) >= 11 is 0. The summed E-state index contributed by atoms with van der Waals surface area (Å²) in [7, 11) is 0. The first-order chi connectivity index (χ1) is 11.1. The van der Waals surface area contributed by atoms with Crippen LogP contribution in [-0.2, 0) is 4.79 Å². The lowest BCUT2D eigenvalue weighted by molar-refractivity contribution is -0.120. The van der Waals surface area contributed by atoms with Crippen molar-refractivity contribution in [3.63, 3.8) is 0 Å². The number of hydrogen-bond acceptors (Lipinski definition) is 3. The van der Waals surface area contributed by atoms with Crippen molar-refractivity contribution in [2.75, 3.05) is 6.54 Å². The second-order valence-corrected chi connectivity index (χ2v) is 5.20. The van der Waals surface area contributed by atoms with Gasteiger partial charge in [0.15, 0.2) is 0 Å². The number of rotatable bonds is 5. The zero-order valence-electron chi connectivity index (χ0n) is 13.2. The van der Waals surface area contributed by atoms with Crippen molar-refractivity contribution in [1.29, 1.82) is 0 Å². The van der Waals surface area contributed by atoms with Crippen molar-refractivity contribution in [3.05, 3.63) is 70.8 Å². The summed E-state index contributed by atoms with van der Waals surface area (Å²) in [4.78, 5) is 23.6. The molecule has 23 heavy (non-hydrogen) atoms. The molecule has 5 nitrogen and oxygen atoms in total. The SMILES string of the molecule is Cc1ccc(/C=N\NC(=O)CNC(=O)c2ccccc2C)cc1. The standard InChI is InChI=1S/C18H19N3O2/c1-13-7-9-15(10-8-13)11-20-21-17(22)12-19-18(23)16-6-4-3-5-14(16)2/h3-11H,12H2,1-2H3,(H,19,23)(H,21,22)/b20-11-. The Labute approximate surface area is 135 Å². The van der Waals surface area contributed by atoms with Crippen LogP contribution in [-0.4, -0.2) is 24.6 Å². The minimum atomic E-state index is -0.379. The Balaban J connectivity index is 1.80. The van der Waals surface area contributed by atoms with Gasteiger partial charge in [-0.25, -0.2) is 5.43 Å². The number of hydrogen-bond donors (Lipinski definition) is 2. The molecule has 0 spiro atoms. The lowest BCUT2D eigenvalue weighted by Crippen LogP contribution is -2.35. The fourth-order valence-electron chi connectivity index (χ4n) is 1.95. The van der Waals surface area contributed by atoms with Crippen molar-refractivity contribution < 1.29 is 9.59 Å². The van der Waals surface area contributed by atoms with Crippen molar-refractivity contribution in [2.45, 2.75) is 13.8 Å². The molecular formula is C18H19N3O2. The predicted octanol–water partition coefficient (Wildman–Crippen LogP) is 2.18. The van der Waals surface area contributed by atoms with Gasteiger partial charge in [-0.3, -0.25) is 9.59 Å². The van der Waals surface area contributed by atoms with E-state index in [1.54, 1.807) is 18.3 Å². The number of amides is 2. The van der Waals surface area contributed by atoms with Gasteiger partial charge in [-0.05, 0) is 31.0 Å². The molecular weight excluding hydrogens is 290 g/mol. The minimum absolute atomic E-state index is 0.127. The average molecular weight is 309 g/mol. The Kier molecular flexibility index (Phi) is 5.63. The predicted molar refractivity (Wildman–Crippen MR) is 90.4 cm³/mol. The zero-order chi connectivity index (χ0) is 16.7. The van der Waals surface area contributed by atoms with E-state index in [2.05, 4.69) is 15.8 Å². The minimum Gasteiger partial charge on any atom is -0.343 e. The van der Waals surface area contributed by atoms with Crippen molar-refractivity contribution >= 4 is 18.0 Å². The van der Waals surface area contributed by atoms with E-state index >= 15 is 0 Å². The number of aryl methyl sites for hydroxylation is 2. The van der Waals surface area contributed by atoms with Crippen molar-refractivity contribution in [1.82, 2.24) is 10.7 Å². The highest BCUT2D eigenvalue weighted by atomic mass is 16.2. The maximum atomic E-state index is 12.0. The van der Waals surface area contributed by atoms with Crippen LogP contribution in [0.25, 0.3) is 0 Å². The van der Waals surface area contributed by atoms with Gasteiger partial charge in [0.25, 0.3) is 11.8 Å². The van der Waals surface area contributed by atoms with Crippen molar-refractivity contribution in [2.24, 2.45) is 5.10 Å².